The SMILES string of the molecule is O=S(=O)(O)C1CC(F)(F)CCC(F)(F)C1(F)F. The zero-order valence-electron chi connectivity index (χ0n) is 8.14. The lowest BCUT2D eigenvalue weighted by Crippen LogP contribution is -2.52. The molecular formula is C7H8F6O3S. The maximum absolute atomic E-state index is 13.1. The van der Waals surface area contributed by atoms with Gasteiger partial charge in [0.05, 0.1) is 0 Å². The third kappa shape index (κ3) is 2.67. The molecule has 102 valence electrons. The van der Waals surface area contributed by atoms with Crippen LogP contribution in [-0.4, -0.2) is 36.0 Å². The van der Waals surface area contributed by atoms with Gasteiger partial charge in [0.2, 0.25) is 5.92 Å². The van der Waals surface area contributed by atoms with Crippen molar-refractivity contribution in [3.8, 4) is 0 Å². The fraction of sp³-hybridized carbons (Fsp3) is 1.00. The number of alkyl halides is 6. The van der Waals surface area contributed by atoms with E-state index in [0.717, 1.165) is 0 Å². The van der Waals surface area contributed by atoms with Gasteiger partial charge in [-0.3, -0.25) is 4.55 Å². The minimum atomic E-state index is -5.71. The summed E-state index contributed by atoms with van der Waals surface area (Å²) < 4.78 is 107. The van der Waals surface area contributed by atoms with Crippen LogP contribution in [-0.2, 0) is 10.1 Å². The van der Waals surface area contributed by atoms with Gasteiger partial charge in [-0.25, -0.2) is 8.78 Å². The highest BCUT2D eigenvalue weighted by Crippen LogP contribution is 2.50. The van der Waals surface area contributed by atoms with Crippen molar-refractivity contribution < 1.29 is 39.3 Å². The van der Waals surface area contributed by atoms with E-state index in [1.165, 1.54) is 0 Å². The topological polar surface area (TPSA) is 54.4 Å². The number of hydrogen-bond acceptors (Lipinski definition) is 2. The van der Waals surface area contributed by atoms with Crippen LogP contribution in [0.2, 0.25) is 0 Å². The Bertz CT molecular complexity index is 404. The summed E-state index contributed by atoms with van der Waals surface area (Å²) in [5.74, 6) is -14.1. The fourth-order valence-corrected chi connectivity index (χ4v) is 2.54. The number of hydrogen-bond donors (Lipinski definition) is 1. The van der Waals surface area contributed by atoms with E-state index < -0.39 is 52.4 Å². The lowest BCUT2D eigenvalue weighted by molar-refractivity contribution is -0.208. The molecule has 0 radical (unpaired) electrons. The van der Waals surface area contributed by atoms with Crippen molar-refractivity contribution in [2.24, 2.45) is 0 Å². The molecular weight excluding hydrogens is 278 g/mol. The molecule has 0 heterocycles. The van der Waals surface area contributed by atoms with Crippen molar-refractivity contribution in [2.45, 2.75) is 42.3 Å². The first-order valence-corrected chi connectivity index (χ1v) is 5.90. The maximum atomic E-state index is 13.1. The molecule has 0 saturated heterocycles. The normalized spacial score (nSPS) is 31.8. The van der Waals surface area contributed by atoms with Crippen molar-refractivity contribution in [1.29, 1.82) is 0 Å². The van der Waals surface area contributed by atoms with Crippen LogP contribution >= 0.6 is 0 Å². The Labute approximate surface area is 92.5 Å². The highest BCUT2D eigenvalue weighted by molar-refractivity contribution is 7.86. The van der Waals surface area contributed by atoms with Crippen LogP contribution in [0.1, 0.15) is 19.3 Å². The van der Waals surface area contributed by atoms with E-state index in [1.54, 1.807) is 0 Å². The molecule has 10 heteroatoms. The first-order chi connectivity index (χ1) is 7.30. The second-order valence-corrected chi connectivity index (χ2v) is 5.49. The van der Waals surface area contributed by atoms with Gasteiger partial charge in [-0.1, -0.05) is 0 Å². The zero-order chi connectivity index (χ0) is 13.7. The van der Waals surface area contributed by atoms with E-state index in [2.05, 4.69) is 0 Å². The molecule has 1 saturated carbocycles. The summed E-state index contributed by atoms with van der Waals surface area (Å²) in [7, 11) is -5.71. The molecule has 0 amide bonds. The lowest BCUT2D eigenvalue weighted by Gasteiger charge is -2.28. The molecule has 17 heavy (non-hydrogen) atoms. The molecule has 1 aliphatic rings. The van der Waals surface area contributed by atoms with Crippen molar-refractivity contribution in [3.05, 3.63) is 0 Å². The Kier molecular flexibility index (Phi) is 3.20. The van der Waals surface area contributed by atoms with E-state index in [-0.39, 0.29) is 0 Å². The minimum Gasteiger partial charge on any atom is -0.285 e. The van der Waals surface area contributed by atoms with Crippen molar-refractivity contribution in [1.82, 2.24) is 0 Å². The van der Waals surface area contributed by atoms with Gasteiger partial charge in [-0.05, 0) is 0 Å². The summed E-state index contributed by atoms with van der Waals surface area (Å²) in [4.78, 5) is 0. The second kappa shape index (κ2) is 3.74. The quantitative estimate of drug-likeness (QED) is 0.457. The van der Waals surface area contributed by atoms with Gasteiger partial charge in [0.1, 0.15) is 0 Å². The summed E-state index contributed by atoms with van der Waals surface area (Å²) in [6.45, 7) is 0. The summed E-state index contributed by atoms with van der Waals surface area (Å²) in [6, 6.07) is 0. The fourth-order valence-electron chi connectivity index (χ4n) is 1.54. The molecule has 0 aromatic rings. The smallest absolute Gasteiger partial charge is 0.285 e. The molecule has 0 aromatic carbocycles. The molecule has 0 spiro atoms. The maximum Gasteiger partial charge on any atom is 0.329 e. The Morgan fingerprint density at radius 2 is 1.47 bits per heavy atom. The van der Waals surface area contributed by atoms with Gasteiger partial charge in [-0.2, -0.15) is 26.0 Å². The zero-order valence-corrected chi connectivity index (χ0v) is 8.95. The van der Waals surface area contributed by atoms with Crippen molar-refractivity contribution >= 4 is 10.1 Å². The molecule has 1 aliphatic carbocycles. The van der Waals surface area contributed by atoms with Gasteiger partial charge in [0.15, 0.2) is 5.25 Å². The summed E-state index contributed by atoms with van der Waals surface area (Å²) in [5, 5.41) is -3.51. The van der Waals surface area contributed by atoms with Crippen LogP contribution in [0.15, 0.2) is 0 Å². The summed E-state index contributed by atoms with van der Waals surface area (Å²) >= 11 is 0. The largest absolute Gasteiger partial charge is 0.329 e. The Hall–Kier alpha value is -0.510. The average Bonchev–Trinajstić information content (AvgIpc) is 2.14. The number of rotatable bonds is 1. The minimum absolute atomic E-state index is 1.57. The average molecular weight is 286 g/mol. The molecule has 1 unspecified atom stereocenters. The lowest BCUT2D eigenvalue weighted by atomic mass is 10.1. The van der Waals surface area contributed by atoms with Crippen LogP contribution in [0.3, 0.4) is 0 Å². The Morgan fingerprint density at radius 1 is 1.00 bits per heavy atom. The van der Waals surface area contributed by atoms with E-state index in [4.69, 9.17) is 4.55 Å². The van der Waals surface area contributed by atoms with Crippen LogP contribution in [0.25, 0.3) is 0 Å². The molecule has 1 rings (SSSR count). The molecule has 0 bridgehead atoms. The van der Waals surface area contributed by atoms with Crippen LogP contribution in [0.5, 0.6) is 0 Å². The van der Waals surface area contributed by atoms with Gasteiger partial charge >= 0.3 is 11.8 Å². The first-order valence-electron chi connectivity index (χ1n) is 4.39. The van der Waals surface area contributed by atoms with Gasteiger partial charge in [0, 0.05) is 19.3 Å². The highest BCUT2D eigenvalue weighted by Gasteiger charge is 2.68. The van der Waals surface area contributed by atoms with Gasteiger partial charge < -0.3 is 0 Å². The monoisotopic (exact) mass is 286 g/mol. The van der Waals surface area contributed by atoms with Gasteiger partial charge in [-0.15, -0.1) is 0 Å². The molecule has 1 atom stereocenters. The number of halogens is 6. The van der Waals surface area contributed by atoms with Crippen LogP contribution < -0.4 is 0 Å². The predicted octanol–water partition coefficient (Wildman–Crippen LogP) is 2.33. The van der Waals surface area contributed by atoms with Crippen LogP contribution in [0, 0.1) is 0 Å². The Balaban J connectivity index is 3.31. The summed E-state index contributed by atoms with van der Waals surface area (Å²) in [5.41, 5.74) is 0. The van der Waals surface area contributed by atoms with E-state index in [0.29, 0.717) is 0 Å². The Morgan fingerprint density at radius 3 is 1.88 bits per heavy atom. The third-order valence-electron chi connectivity index (χ3n) is 2.54. The molecule has 0 aliphatic heterocycles. The predicted molar refractivity (Wildman–Crippen MR) is 44.0 cm³/mol. The second-order valence-electron chi connectivity index (χ2n) is 3.89. The van der Waals surface area contributed by atoms with Gasteiger partial charge in [0.25, 0.3) is 10.1 Å². The van der Waals surface area contributed by atoms with Crippen molar-refractivity contribution in [3.63, 3.8) is 0 Å². The molecule has 1 N–H and O–H groups in total. The van der Waals surface area contributed by atoms with Crippen molar-refractivity contribution in [2.75, 3.05) is 0 Å². The van der Waals surface area contributed by atoms with Crippen LogP contribution in [0.4, 0.5) is 26.3 Å². The summed E-state index contributed by atoms with van der Waals surface area (Å²) in [6.07, 6.45) is -5.45. The molecule has 3 nitrogen and oxygen atoms in total. The first kappa shape index (κ1) is 14.6. The van der Waals surface area contributed by atoms with E-state index in [9.17, 15) is 34.8 Å². The van der Waals surface area contributed by atoms with E-state index >= 15 is 0 Å². The van der Waals surface area contributed by atoms with E-state index in [1.807, 2.05) is 0 Å². The highest BCUT2D eigenvalue weighted by atomic mass is 32.2. The standard InChI is InChI=1S/C7H8F6O3S/c8-5(9)1-2-6(10,11)7(12,13)4(3-5)17(14,15)16/h4H,1-3H2,(H,14,15,16). The molecule has 0 aromatic heterocycles. The third-order valence-corrected chi connectivity index (χ3v) is 3.72. The molecule has 1 fully saturated rings.